The largest absolute Gasteiger partial charge is 0.347 e. The van der Waals surface area contributed by atoms with E-state index in [4.69, 9.17) is 5.73 Å². The number of hydrogen-bond donors (Lipinski definition) is 2. The highest BCUT2D eigenvalue weighted by atomic mass is 16.2. The van der Waals surface area contributed by atoms with Gasteiger partial charge in [-0.1, -0.05) is 30.3 Å². The van der Waals surface area contributed by atoms with Crippen molar-refractivity contribution in [2.45, 2.75) is 25.4 Å². The third-order valence-corrected chi connectivity index (χ3v) is 2.81. The lowest BCUT2D eigenvalue weighted by Crippen LogP contribution is -2.50. The molecule has 2 unspecified atom stereocenters. The molecule has 0 aliphatic heterocycles. The molecule has 0 heterocycles. The lowest BCUT2D eigenvalue weighted by molar-refractivity contribution is -0.134. The summed E-state index contributed by atoms with van der Waals surface area (Å²) in [5.74, 6) is -0.466. The van der Waals surface area contributed by atoms with Gasteiger partial charge in [-0.15, -0.1) is 0 Å². The highest BCUT2D eigenvalue weighted by Gasteiger charge is 2.21. The van der Waals surface area contributed by atoms with Crippen molar-refractivity contribution in [3.63, 3.8) is 0 Å². The molecule has 0 fully saturated rings. The van der Waals surface area contributed by atoms with Crippen LogP contribution in [0.3, 0.4) is 0 Å². The van der Waals surface area contributed by atoms with Gasteiger partial charge in [0, 0.05) is 14.1 Å². The van der Waals surface area contributed by atoms with E-state index in [0.29, 0.717) is 6.42 Å². The van der Waals surface area contributed by atoms with Crippen LogP contribution < -0.4 is 11.1 Å². The molecule has 2 atom stereocenters. The number of hydrogen-bond acceptors (Lipinski definition) is 3. The second kappa shape index (κ2) is 6.89. The summed E-state index contributed by atoms with van der Waals surface area (Å²) in [6.07, 6.45) is 0.454. The quantitative estimate of drug-likeness (QED) is 0.794. The maximum atomic E-state index is 11.9. The van der Waals surface area contributed by atoms with E-state index in [1.165, 1.54) is 4.90 Å². The van der Waals surface area contributed by atoms with Gasteiger partial charge in [0.1, 0.15) is 6.04 Å². The van der Waals surface area contributed by atoms with Crippen LogP contribution in [0.4, 0.5) is 0 Å². The number of amides is 2. The summed E-state index contributed by atoms with van der Waals surface area (Å²) >= 11 is 0. The van der Waals surface area contributed by atoms with Crippen molar-refractivity contribution in [1.29, 1.82) is 0 Å². The standard InChI is InChI=1S/C14H21N3O2/c1-10(14(19)17(2)3)16-13(18)12(15)9-11-7-5-4-6-8-11/h4-8,10,12H,9,15H2,1-3H3,(H,16,18). The monoisotopic (exact) mass is 263 g/mol. The minimum atomic E-state index is -0.653. The van der Waals surface area contributed by atoms with Crippen LogP contribution in [-0.2, 0) is 16.0 Å². The van der Waals surface area contributed by atoms with Gasteiger partial charge in [0.15, 0.2) is 0 Å². The molecule has 2 amide bonds. The Morgan fingerprint density at radius 2 is 1.84 bits per heavy atom. The molecule has 0 aliphatic carbocycles. The first-order valence-electron chi connectivity index (χ1n) is 6.23. The maximum absolute atomic E-state index is 11.9. The Kier molecular flexibility index (Phi) is 5.51. The van der Waals surface area contributed by atoms with E-state index in [-0.39, 0.29) is 11.8 Å². The van der Waals surface area contributed by atoms with Crippen LogP contribution >= 0.6 is 0 Å². The predicted octanol–water partition coefficient (Wildman–Crippen LogP) is 0.149. The van der Waals surface area contributed by atoms with E-state index in [2.05, 4.69) is 5.32 Å². The molecule has 5 heteroatoms. The molecule has 0 saturated carbocycles. The van der Waals surface area contributed by atoms with Gasteiger partial charge >= 0.3 is 0 Å². The fourth-order valence-corrected chi connectivity index (χ4v) is 1.73. The molecule has 0 aliphatic rings. The van der Waals surface area contributed by atoms with E-state index < -0.39 is 12.1 Å². The smallest absolute Gasteiger partial charge is 0.244 e. The summed E-state index contributed by atoms with van der Waals surface area (Å²) in [6, 6.07) is 8.33. The molecule has 104 valence electrons. The summed E-state index contributed by atoms with van der Waals surface area (Å²) in [7, 11) is 3.30. The minimum absolute atomic E-state index is 0.153. The number of nitrogens with zero attached hydrogens (tertiary/aromatic N) is 1. The number of carbonyl (C=O) groups excluding carboxylic acids is 2. The average molecular weight is 263 g/mol. The molecule has 5 nitrogen and oxygen atoms in total. The van der Waals surface area contributed by atoms with Crippen molar-refractivity contribution in [2.24, 2.45) is 5.73 Å². The normalized spacial score (nSPS) is 13.5. The van der Waals surface area contributed by atoms with Gasteiger partial charge in [-0.05, 0) is 18.9 Å². The van der Waals surface area contributed by atoms with Gasteiger partial charge in [-0.2, -0.15) is 0 Å². The zero-order valence-corrected chi connectivity index (χ0v) is 11.6. The van der Waals surface area contributed by atoms with E-state index in [9.17, 15) is 9.59 Å². The Hall–Kier alpha value is -1.88. The molecule has 1 aromatic carbocycles. The molecule has 1 aromatic rings. The highest BCUT2D eigenvalue weighted by Crippen LogP contribution is 2.02. The first-order valence-corrected chi connectivity index (χ1v) is 6.23. The Labute approximate surface area is 113 Å². The summed E-state index contributed by atoms with van der Waals surface area (Å²) in [5, 5.41) is 2.63. The maximum Gasteiger partial charge on any atom is 0.244 e. The van der Waals surface area contributed by atoms with Crippen molar-refractivity contribution in [2.75, 3.05) is 14.1 Å². The van der Waals surface area contributed by atoms with Gasteiger partial charge < -0.3 is 16.0 Å². The summed E-state index contributed by atoms with van der Waals surface area (Å²) < 4.78 is 0. The summed E-state index contributed by atoms with van der Waals surface area (Å²) in [5.41, 5.74) is 6.83. The predicted molar refractivity (Wildman–Crippen MR) is 74.4 cm³/mol. The van der Waals surface area contributed by atoms with Crippen molar-refractivity contribution in [3.8, 4) is 0 Å². The third kappa shape index (κ3) is 4.71. The first-order chi connectivity index (χ1) is 8.91. The molecule has 0 aromatic heterocycles. The van der Waals surface area contributed by atoms with Crippen molar-refractivity contribution in [3.05, 3.63) is 35.9 Å². The van der Waals surface area contributed by atoms with Crippen LogP contribution in [0.2, 0.25) is 0 Å². The topological polar surface area (TPSA) is 75.4 Å². The number of nitrogens with one attached hydrogen (secondary N) is 1. The van der Waals surface area contributed by atoms with Crippen LogP contribution in [0.25, 0.3) is 0 Å². The van der Waals surface area contributed by atoms with Crippen LogP contribution in [0.15, 0.2) is 30.3 Å². The molecule has 3 N–H and O–H groups in total. The SMILES string of the molecule is CC(NC(=O)C(N)Cc1ccccc1)C(=O)N(C)C. The number of benzene rings is 1. The molecule has 0 radical (unpaired) electrons. The molecule has 0 bridgehead atoms. The van der Waals surface area contributed by atoms with Crippen molar-refractivity contribution >= 4 is 11.8 Å². The summed E-state index contributed by atoms with van der Waals surface area (Å²) in [6.45, 7) is 1.65. The molecular formula is C14H21N3O2. The van der Waals surface area contributed by atoms with E-state index >= 15 is 0 Å². The van der Waals surface area contributed by atoms with Gasteiger partial charge in [0.05, 0.1) is 6.04 Å². The van der Waals surface area contributed by atoms with Crippen LogP contribution in [0, 0.1) is 0 Å². The molecule has 19 heavy (non-hydrogen) atoms. The lowest BCUT2D eigenvalue weighted by atomic mass is 10.1. The van der Waals surface area contributed by atoms with E-state index in [1.807, 2.05) is 30.3 Å². The molecule has 0 saturated heterocycles. The zero-order chi connectivity index (χ0) is 14.4. The van der Waals surface area contributed by atoms with E-state index in [1.54, 1.807) is 21.0 Å². The Morgan fingerprint density at radius 3 is 2.37 bits per heavy atom. The Balaban J connectivity index is 2.51. The minimum Gasteiger partial charge on any atom is -0.347 e. The van der Waals surface area contributed by atoms with Crippen LogP contribution in [-0.4, -0.2) is 42.9 Å². The van der Waals surface area contributed by atoms with Crippen molar-refractivity contribution < 1.29 is 9.59 Å². The average Bonchev–Trinajstić information content (AvgIpc) is 2.38. The number of rotatable bonds is 5. The van der Waals surface area contributed by atoms with Gasteiger partial charge in [-0.3, -0.25) is 9.59 Å². The lowest BCUT2D eigenvalue weighted by Gasteiger charge is -2.20. The second-order valence-corrected chi connectivity index (χ2v) is 4.76. The fraction of sp³-hybridized carbons (Fsp3) is 0.429. The van der Waals surface area contributed by atoms with Crippen molar-refractivity contribution in [1.82, 2.24) is 10.2 Å². The first kappa shape index (κ1) is 15.2. The van der Waals surface area contributed by atoms with E-state index in [0.717, 1.165) is 5.56 Å². The van der Waals surface area contributed by atoms with Gasteiger partial charge in [-0.25, -0.2) is 0 Å². The zero-order valence-electron chi connectivity index (χ0n) is 11.6. The van der Waals surface area contributed by atoms with Gasteiger partial charge in [0.2, 0.25) is 11.8 Å². The number of likely N-dealkylation sites (N-methyl/N-ethyl adjacent to an activating group) is 1. The summed E-state index contributed by atoms with van der Waals surface area (Å²) in [4.78, 5) is 24.9. The second-order valence-electron chi connectivity index (χ2n) is 4.76. The third-order valence-electron chi connectivity index (χ3n) is 2.81. The Bertz CT molecular complexity index is 432. The van der Waals surface area contributed by atoms with Gasteiger partial charge in [0.25, 0.3) is 0 Å². The number of carbonyl (C=O) groups is 2. The number of nitrogens with two attached hydrogens (primary N) is 1. The van der Waals surface area contributed by atoms with Crippen LogP contribution in [0.1, 0.15) is 12.5 Å². The molecular weight excluding hydrogens is 242 g/mol. The highest BCUT2D eigenvalue weighted by molar-refractivity contribution is 5.89. The molecule has 0 spiro atoms. The van der Waals surface area contributed by atoms with Crippen LogP contribution in [0.5, 0.6) is 0 Å². The fourth-order valence-electron chi connectivity index (χ4n) is 1.73. The Morgan fingerprint density at radius 1 is 1.26 bits per heavy atom. The molecule has 1 rings (SSSR count).